The Kier molecular flexibility index (Phi) is 23.5. The molecule has 0 amide bonds. The lowest BCUT2D eigenvalue weighted by Crippen LogP contribution is -2.68. The van der Waals surface area contributed by atoms with Crippen LogP contribution in [0.1, 0.15) is 10.4 Å². The first kappa shape index (κ1) is 69.7. The quantitative estimate of drug-likeness (QED) is 0.0764. The number of aliphatic hydroxyl groups excluding tert-OH is 20. The standard InChI is InChI=1S/C49H75BO38/c51-5-14-35-22(58)29(65)44(76-14)84-37-16(7-53)78-46(31(67)24(37)60)86-39-18(9-55)80-48(33(69)26(39)62)88-41-20(11-74-42(71)12-1-3-13(4-2-12)50(72)73)81-49(34(70)27(41)63)87-40-19(10-56)79-47(32(68)25(40)61)85-38-17(8-54)77-45(30(66)23(38)59)83-36-15(6-52)75-43(82-35)28(64)21(36)57/h1-4,14-41,43-49,51-70,72-73H,5-11H2/t14-,15-,16-,17-,18-,19-,20-,21-,22-,23-,24-,25-,26-,27-,28-,29-,30-,31-,32-,33-,34-,35-,36-,37-,38-,39-,40-,41-,43-,44-,45-,46-,47-,48-,49-/m1/s1. The number of hydrogen-bond acceptors (Lipinski definition) is 38. The van der Waals surface area contributed by atoms with Crippen molar-refractivity contribution in [1.29, 1.82) is 0 Å². The molecule has 14 bridgehead atoms. The smallest absolute Gasteiger partial charge is 0.459 e. The summed E-state index contributed by atoms with van der Waals surface area (Å²) in [5.41, 5.74) is -0.206. The molecule has 21 heterocycles. The molecule has 1 aromatic rings. The minimum absolute atomic E-state index is 0.0216. The van der Waals surface area contributed by atoms with Gasteiger partial charge in [-0.15, -0.1) is 0 Å². The minimum atomic E-state index is -2.33. The number of ether oxygens (including phenoxy) is 15. The SMILES string of the molecule is O=C(OC[C@H]1O[C@@H]2O[C@H]3[C@H](O)[C@@H](O)[C@@H](O[C@H]4[C@H](O)[C@@H](O)[C@@H](O[C@H]5[C@H](O)[C@@H](O)[C@@H](O[C@H]6[C@H](O)[C@@H](O)[C@@H](O[C@H]7[C@H](O)[C@@H](O)[C@@H](O[C@H]8[C@H](O)[C@@H](O)[C@@H](O[C@H]1[C@H](O)[C@H]2O)O[C@@H]8CO)O[C@@H]7CO)O[C@@H]6CO)O[C@@H]5CO)O[C@@H]4CO)O[C@@H]3CO)c1ccc(B(O)O)cc1. The summed E-state index contributed by atoms with van der Waals surface area (Å²) in [5.74, 6) is -1.12. The third-order valence-electron chi connectivity index (χ3n) is 16.4. The molecule has 502 valence electrons. The molecule has 21 saturated heterocycles. The van der Waals surface area contributed by atoms with E-state index in [4.69, 9.17) is 71.1 Å². The Morgan fingerprint density at radius 1 is 0.307 bits per heavy atom. The average Bonchev–Trinajstić information content (AvgIpc) is 1.32. The van der Waals surface area contributed by atoms with E-state index in [1.54, 1.807) is 0 Å². The van der Waals surface area contributed by atoms with Crippen molar-refractivity contribution in [2.24, 2.45) is 0 Å². The fraction of sp³-hybridized carbons (Fsp3) is 0.857. The van der Waals surface area contributed by atoms with E-state index in [0.29, 0.717) is 0 Å². The van der Waals surface area contributed by atoms with Gasteiger partial charge in [0.1, 0.15) is 178 Å². The number of aliphatic hydroxyl groups is 20. The Morgan fingerprint density at radius 2 is 0.500 bits per heavy atom. The van der Waals surface area contributed by atoms with Crippen LogP contribution in [0.2, 0.25) is 0 Å². The van der Waals surface area contributed by atoms with Crippen molar-refractivity contribution < 1.29 is 188 Å². The van der Waals surface area contributed by atoms with Crippen LogP contribution in [0.3, 0.4) is 0 Å². The molecule has 22 rings (SSSR count). The summed E-state index contributed by atoms with van der Waals surface area (Å²) in [7, 11) is -1.92. The van der Waals surface area contributed by atoms with E-state index in [9.17, 15) is 117 Å². The van der Waals surface area contributed by atoms with Crippen molar-refractivity contribution in [2.75, 3.05) is 46.2 Å². The molecule has 35 atom stereocenters. The summed E-state index contributed by atoms with van der Waals surface area (Å²) in [4.78, 5) is 13.4. The molecule has 21 aliphatic heterocycles. The van der Waals surface area contributed by atoms with E-state index < -0.39 is 274 Å². The summed E-state index contributed by atoms with van der Waals surface area (Å²) in [6.07, 6.45) is -72.6. The van der Waals surface area contributed by atoms with Gasteiger partial charge in [0.2, 0.25) is 0 Å². The highest BCUT2D eigenvalue weighted by molar-refractivity contribution is 6.58. The number of carbonyl (C=O) groups excluding carboxylic acids is 1. The van der Waals surface area contributed by atoms with Crippen molar-refractivity contribution >= 4 is 18.6 Å². The van der Waals surface area contributed by atoms with Gasteiger partial charge in [0.25, 0.3) is 0 Å². The summed E-state index contributed by atoms with van der Waals surface area (Å²) in [5, 5.41) is 242. The molecule has 21 aliphatic rings. The van der Waals surface area contributed by atoms with Gasteiger partial charge >= 0.3 is 13.1 Å². The highest BCUT2D eigenvalue weighted by Gasteiger charge is 2.60. The van der Waals surface area contributed by atoms with Crippen molar-refractivity contribution in [3.8, 4) is 0 Å². The number of esters is 1. The first-order chi connectivity index (χ1) is 41.9. The third kappa shape index (κ3) is 14.1. The van der Waals surface area contributed by atoms with E-state index in [-0.39, 0.29) is 11.0 Å². The van der Waals surface area contributed by atoms with Gasteiger partial charge in [-0.1, -0.05) is 12.1 Å². The lowest BCUT2D eigenvalue weighted by Gasteiger charge is -2.50. The second-order valence-electron chi connectivity index (χ2n) is 22.1. The van der Waals surface area contributed by atoms with Crippen LogP contribution in [0.15, 0.2) is 24.3 Å². The van der Waals surface area contributed by atoms with E-state index in [2.05, 4.69) is 0 Å². The lowest BCUT2D eigenvalue weighted by atomic mass is 9.80. The Bertz CT molecular complexity index is 2340. The van der Waals surface area contributed by atoms with Crippen LogP contribution in [0.25, 0.3) is 0 Å². The molecule has 0 radical (unpaired) electrons. The first-order valence-electron chi connectivity index (χ1n) is 27.9. The van der Waals surface area contributed by atoms with Gasteiger partial charge in [0.15, 0.2) is 44.0 Å². The van der Waals surface area contributed by atoms with Gasteiger partial charge < -0.3 is 183 Å². The van der Waals surface area contributed by atoms with Gasteiger partial charge in [-0.3, -0.25) is 0 Å². The second-order valence-corrected chi connectivity index (χ2v) is 22.1. The van der Waals surface area contributed by atoms with Gasteiger partial charge in [-0.2, -0.15) is 0 Å². The molecule has 1 aromatic carbocycles. The molecule has 22 N–H and O–H groups in total. The van der Waals surface area contributed by atoms with E-state index in [1.807, 2.05) is 0 Å². The molecule has 0 aromatic heterocycles. The fourth-order valence-corrected chi connectivity index (χ4v) is 11.4. The molecule has 0 aliphatic carbocycles. The average molecular weight is 1280 g/mol. The molecule has 21 fully saturated rings. The molecular formula is C49H75BO38. The highest BCUT2D eigenvalue weighted by atomic mass is 16.8. The zero-order valence-corrected chi connectivity index (χ0v) is 45.9. The van der Waals surface area contributed by atoms with Crippen LogP contribution in [-0.4, -0.2) is 386 Å². The molecular weight excluding hydrogens is 1210 g/mol. The number of rotatable bonds is 10. The zero-order chi connectivity index (χ0) is 63.9. The minimum Gasteiger partial charge on any atom is -0.459 e. The molecule has 38 nitrogen and oxygen atoms in total. The van der Waals surface area contributed by atoms with E-state index in [0.717, 1.165) is 12.1 Å². The summed E-state index contributed by atoms with van der Waals surface area (Å²) < 4.78 is 86.0. The number of carbonyl (C=O) groups is 1. The summed E-state index contributed by atoms with van der Waals surface area (Å²) in [6, 6.07) is 4.62. The Hall–Kier alpha value is -2.69. The van der Waals surface area contributed by atoms with Crippen molar-refractivity contribution in [3.63, 3.8) is 0 Å². The Labute approximate surface area is 496 Å². The van der Waals surface area contributed by atoms with Gasteiger partial charge in [0.05, 0.1) is 45.2 Å². The number of hydrogen-bond donors (Lipinski definition) is 22. The fourth-order valence-electron chi connectivity index (χ4n) is 11.4. The van der Waals surface area contributed by atoms with Crippen molar-refractivity contribution in [3.05, 3.63) is 29.8 Å². The molecule has 0 spiro atoms. The molecule has 0 saturated carbocycles. The largest absolute Gasteiger partial charge is 0.488 e. The van der Waals surface area contributed by atoms with Crippen LogP contribution in [0.5, 0.6) is 0 Å². The normalized spacial score (nSPS) is 49.8. The van der Waals surface area contributed by atoms with Crippen molar-refractivity contribution in [2.45, 2.75) is 215 Å². The maximum Gasteiger partial charge on any atom is 0.488 e. The summed E-state index contributed by atoms with van der Waals surface area (Å²) >= 11 is 0. The first-order valence-corrected chi connectivity index (χ1v) is 27.9. The predicted octanol–water partition coefficient (Wildman–Crippen LogP) is -15.7. The summed E-state index contributed by atoms with van der Waals surface area (Å²) in [6.45, 7) is -7.51. The maximum atomic E-state index is 13.4. The Balaban J connectivity index is 1.02. The van der Waals surface area contributed by atoms with Crippen molar-refractivity contribution in [1.82, 2.24) is 0 Å². The highest BCUT2D eigenvalue weighted by Crippen LogP contribution is 2.39. The zero-order valence-electron chi connectivity index (χ0n) is 45.9. The maximum absolute atomic E-state index is 13.4. The van der Waals surface area contributed by atoms with Gasteiger partial charge in [-0.25, -0.2) is 4.79 Å². The molecule has 88 heavy (non-hydrogen) atoms. The Morgan fingerprint density at radius 3 is 0.693 bits per heavy atom. The van der Waals surface area contributed by atoms with Gasteiger partial charge in [0, 0.05) is 0 Å². The van der Waals surface area contributed by atoms with Crippen LogP contribution in [0, 0.1) is 0 Å². The number of benzene rings is 1. The monoisotopic (exact) mass is 1280 g/mol. The topological polar surface area (TPSA) is 601 Å². The molecule has 0 unspecified atom stereocenters. The van der Waals surface area contributed by atoms with Crippen LogP contribution >= 0.6 is 0 Å². The van der Waals surface area contributed by atoms with E-state index >= 15 is 0 Å². The van der Waals surface area contributed by atoms with Crippen LogP contribution in [0.4, 0.5) is 0 Å². The van der Waals surface area contributed by atoms with E-state index in [1.165, 1.54) is 12.1 Å². The molecule has 39 heteroatoms. The predicted molar refractivity (Wildman–Crippen MR) is 268 cm³/mol. The van der Waals surface area contributed by atoms with Gasteiger partial charge in [-0.05, 0) is 17.6 Å². The second kappa shape index (κ2) is 29.7. The third-order valence-corrected chi connectivity index (χ3v) is 16.4. The van der Waals surface area contributed by atoms with Crippen LogP contribution in [-0.2, 0) is 71.1 Å². The van der Waals surface area contributed by atoms with Crippen LogP contribution < -0.4 is 5.46 Å². The lowest BCUT2D eigenvalue weighted by molar-refractivity contribution is -0.396.